The topological polar surface area (TPSA) is 69.2 Å². The molecule has 0 radical (unpaired) electrons. The second kappa shape index (κ2) is 12.6. The number of carbonyl (C=O) groups excluding carboxylic acids is 1. The Morgan fingerprint density at radius 3 is 2.42 bits per heavy atom. The monoisotopic (exact) mass is 507 g/mol. The molecule has 1 aliphatic carbocycles. The lowest BCUT2D eigenvalue weighted by atomic mass is 10.1. The SMILES string of the molecule is CCN(CC)c1ccc(/C=C2\CCC(/C=N/NC(=O)Nc3ccc(Cl)cc3)=C2N2CCOCC2)cc1. The third-order valence-corrected chi connectivity index (χ3v) is 6.70. The van der Waals surface area contributed by atoms with Gasteiger partial charge in [-0.1, -0.05) is 23.7 Å². The number of benzene rings is 2. The van der Waals surface area contributed by atoms with Crippen LogP contribution in [0.1, 0.15) is 32.3 Å². The Hall–Kier alpha value is -3.29. The summed E-state index contributed by atoms with van der Waals surface area (Å²) < 4.78 is 5.59. The Morgan fingerprint density at radius 2 is 1.75 bits per heavy atom. The zero-order valence-corrected chi connectivity index (χ0v) is 21.7. The highest BCUT2D eigenvalue weighted by Crippen LogP contribution is 2.35. The van der Waals surface area contributed by atoms with Crippen LogP contribution >= 0.6 is 11.6 Å². The fourth-order valence-electron chi connectivity index (χ4n) is 4.60. The Labute approximate surface area is 218 Å². The van der Waals surface area contributed by atoms with Gasteiger partial charge in [0.05, 0.1) is 19.4 Å². The van der Waals surface area contributed by atoms with Gasteiger partial charge in [-0.3, -0.25) is 0 Å². The Kier molecular flexibility index (Phi) is 9.03. The quantitative estimate of drug-likeness (QED) is 0.352. The number of carbonyl (C=O) groups is 1. The van der Waals surface area contributed by atoms with Crippen molar-refractivity contribution in [3.8, 4) is 0 Å². The van der Waals surface area contributed by atoms with Gasteiger partial charge >= 0.3 is 6.03 Å². The highest BCUT2D eigenvalue weighted by Gasteiger charge is 2.25. The number of urea groups is 1. The van der Waals surface area contributed by atoms with E-state index >= 15 is 0 Å². The van der Waals surface area contributed by atoms with Crippen LogP contribution in [0.25, 0.3) is 6.08 Å². The molecule has 2 amide bonds. The maximum atomic E-state index is 12.3. The molecular formula is C28H34ClN5O2. The van der Waals surface area contributed by atoms with Crippen LogP contribution in [0.3, 0.4) is 0 Å². The van der Waals surface area contributed by atoms with E-state index in [1.165, 1.54) is 22.5 Å². The minimum atomic E-state index is -0.399. The smallest absolute Gasteiger partial charge is 0.339 e. The van der Waals surface area contributed by atoms with E-state index in [0.717, 1.165) is 44.6 Å². The molecule has 190 valence electrons. The summed E-state index contributed by atoms with van der Waals surface area (Å²) in [7, 11) is 0. The molecule has 1 heterocycles. The van der Waals surface area contributed by atoms with Crippen LogP contribution in [-0.4, -0.2) is 56.5 Å². The van der Waals surface area contributed by atoms with Crippen molar-refractivity contribution in [2.75, 3.05) is 49.6 Å². The zero-order valence-electron chi connectivity index (χ0n) is 21.0. The number of ether oxygens (including phenoxy) is 1. The number of anilines is 2. The van der Waals surface area contributed by atoms with Crippen LogP contribution < -0.4 is 15.6 Å². The average molecular weight is 508 g/mol. The Morgan fingerprint density at radius 1 is 1.06 bits per heavy atom. The molecule has 0 spiro atoms. The summed E-state index contributed by atoms with van der Waals surface area (Å²) >= 11 is 5.90. The van der Waals surface area contributed by atoms with Gasteiger partial charge < -0.3 is 19.9 Å². The molecule has 36 heavy (non-hydrogen) atoms. The van der Waals surface area contributed by atoms with Gasteiger partial charge in [0.15, 0.2) is 0 Å². The van der Waals surface area contributed by atoms with Gasteiger partial charge in [0, 0.05) is 48.3 Å². The first kappa shape index (κ1) is 25.8. The number of nitrogens with one attached hydrogen (secondary N) is 2. The van der Waals surface area contributed by atoms with E-state index in [4.69, 9.17) is 16.3 Å². The van der Waals surface area contributed by atoms with E-state index in [1.807, 2.05) is 0 Å². The Bertz CT molecular complexity index is 1120. The van der Waals surface area contributed by atoms with E-state index < -0.39 is 6.03 Å². The van der Waals surface area contributed by atoms with Crippen LogP contribution in [-0.2, 0) is 4.74 Å². The number of amides is 2. The molecule has 2 aromatic carbocycles. The summed E-state index contributed by atoms with van der Waals surface area (Å²) in [4.78, 5) is 17.0. The van der Waals surface area contributed by atoms with Crippen molar-refractivity contribution in [1.82, 2.24) is 10.3 Å². The first-order valence-electron chi connectivity index (χ1n) is 12.5. The van der Waals surface area contributed by atoms with E-state index in [1.54, 1.807) is 30.5 Å². The maximum Gasteiger partial charge on any atom is 0.339 e. The van der Waals surface area contributed by atoms with Crippen LogP contribution in [0.4, 0.5) is 16.2 Å². The van der Waals surface area contributed by atoms with E-state index in [0.29, 0.717) is 23.9 Å². The molecule has 8 heteroatoms. The van der Waals surface area contributed by atoms with Crippen molar-refractivity contribution < 1.29 is 9.53 Å². The van der Waals surface area contributed by atoms with Crippen molar-refractivity contribution in [3.63, 3.8) is 0 Å². The number of morpholine rings is 1. The van der Waals surface area contributed by atoms with Crippen LogP contribution in [0.2, 0.25) is 5.02 Å². The fourth-order valence-corrected chi connectivity index (χ4v) is 4.73. The predicted molar refractivity (Wildman–Crippen MR) is 149 cm³/mol. The number of rotatable bonds is 8. The van der Waals surface area contributed by atoms with Gasteiger partial charge in [0.2, 0.25) is 0 Å². The highest BCUT2D eigenvalue weighted by molar-refractivity contribution is 6.30. The highest BCUT2D eigenvalue weighted by atomic mass is 35.5. The van der Waals surface area contributed by atoms with Gasteiger partial charge in [-0.2, -0.15) is 5.10 Å². The molecule has 0 unspecified atom stereocenters. The molecule has 0 saturated carbocycles. The van der Waals surface area contributed by atoms with Gasteiger partial charge in [0.1, 0.15) is 0 Å². The normalized spacial score (nSPS) is 17.2. The van der Waals surface area contributed by atoms with E-state index in [2.05, 4.69) is 69.8 Å². The summed E-state index contributed by atoms with van der Waals surface area (Å²) in [6.07, 6.45) is 5.86. The number of allylic oxidation sites excluding steroid dienone is 2. The first-order valence-corrected chi connectivity index (χ1v) is 12.9. The van der Waals surface area contributed by atoms with Gasteiger partial charge in [-0.25, -0.2) is 10.2 Å². The molecule has 1 saturated heterocycles. The standard InChI is InChI=1S/C28H34ClN5O2/c1-3-33(4-2)26-13-5-21(6-14-26)19-22-7-8-23(27(22)34-15-17-36-18-16-34)20-30-32-28(35)31-25-11-9-24(29)10-12-25/h5-6,9-14,19-20H,3-4,7-8,15-18H2,1-2H3,(H2,31,32,35)/b22-19+,30-20+. The van der Waals surface area contributed by atoms with E-state index in [9.17, 15) is 4.79 Å². The number of nitrogens with zero attached hydrogens (tertiary/aromatic N) is 3. The van der Waals surface area contributed by atoms with Crippen molar-refractivity contribution in [1.29, 1.82) is 0 Å². The second-order valence-corrected chi connectivity index (χ2v) is 9.17. The maximum absolute atomic E-state index is 12.3. The van der Waals surface area contributed by atoms with Gasteiger partial charge in [0.25, 0.3) is 0 Å². The molecule has 1 aliphatic heterocycles. The van der Waals surface area contributed by atoms with E-state index in [-0.39, 0.29) is 0 Å². The van der Waals surface area contributed by atoms with Crippen molar-refractivity contribution in [2.45, 2.75) is 26.7 Å². The van der Waals surface area contributed by atoms with Crippen LogP contribution in [0.5, 0.6) is 0 Å². The zero-order chi connectivity index (χ0) is 25.3. The largest absolute Gasteiger partial charge is 0.378 e. The average Bonchev–Trinajstić information content (AvgIpc) is 3.29. The fraction of sp³-hybridized carbons (Fsp3) is 0.357. The minimum absolute atomic E-state index is 0.399. The molecular weight excluding hydrogens is 474 g/mol. The predicted octanol–water partition coefficient (Wildman–Crippen LogP) is 5.76. The summed E-state index contributed by atoms with van der Waals surface area (Å²) in [6.45, 7) is 9.45. The summed E-state index contributed by atoms with van der Waals surface area (Å²) in [6, 6.07) is 15.3. The lowest BCUT2D eigenvalue weighted by molar-refractivity contribution is 0.0548. The number of hydrazone groups is 1. The summed E-state index contributed by atoms with van der Waals surface area (Å²) in [5.41, 5.74) is 9.27. The molecule has 2 N–H and O–H groups in total. The van der Waals surface area contributed by atoms with Crippen molar-refractivity contribution in [3.05, 3.63) is 76.0 Å². The molecule has 1 fully saturated rings. The lowest BCUT2D eigenvalue weighted by Gasteiger charge is -2.31. The summed E-state index contributed by atoms with van der Waals surface area (Å²) in [5.74, 6) is 0. The third kappa shape index (κ3) is 6.68. The lowest BCUT2D eigenvalue weighted by Crippen LogP contribution is -2.36. The molecule has 0 aromatic heterocycles. The van der Waals surface area contributed by atoms with Crippen LogP contribution in [0, 0.1) is 0 Å². The molecule has 2 aromatic rings. The van der Waals surface area contributed by atoms with Crippen molar-refractivity contribution in [2.24, 2.45) is 5.10 Å². The first-order chi connectivity index (χ1) is 17.6. The molecule has 2 aliphatic rings. The second-order valence-electron chi connectivity index (χ2n) is 8.74. The molecule has 7 nitrogen and oxygen atoms in total. The minimum Gasteiger partial charge on any atom is -0.378 e. The molecule has 4 rings (SSSR count). The third-order valence-electron chi connectivity index (χ3n) is 6.45. The Balaban J connectivity index is 1.50. The van der Waals surface area contributed by atoms with Crippen molar-refractivity contribution >= 4 is 41.3 Å². The summed E-state index contributed by atoms with van der Waals surface area (Å²) in [5, 5.41) is 7.61. The molecule has 0 bridgehead atoms. The number of hydrogen-bond donors (Lipinski definition) is 2. The van der Waals surface area contributed by atoms with Gasteiger partial charge in [-0.05, 0) is 85.9 Å². The van der Waals surface area contributed by atoms with Crippen LogP contribution in [0.15, 0.2) is 70.5 Å². The number of halogens is 1. The molecule has 0 atom stereocenters. The number of hydrogen-bond acceptors (Lipinski definition) is 5. The van der Waals surface area contributed by atoms with Gasteiger partial charge in [-0.15, -0.1) is 0 Å².